The third-order valence-electron chi connectivity index (χ3n) is 1.29. The minimum absolute atomic E-state index is 0.103. The van der Waals surface area contributed by atoms with Gasteiger partial charge < -0.3 is 4.42 Å². The Labute approximate surface area is 59.3 Å². The Kier molecular flexibility index (Phi) is 1.50. The lowest BCUT2D eigenvalue weighted by molar-refractivity contribution is -0.756. The van der Waals surface area contributed by atoms with Crippen LogP contribution in [0.15, 0.2) is 17.0 Å². The number of nitrogens with zero attached hydrogens (tertiary/aromatic N) is 1. The number of aromatic nitrogens is 1. The summed E-state index contributed by atoms with van der Waals surface area (Å²) < 4.78 is 18.4. The van der Waals surface area contributed by atoms with Crippen LogP contribution in [0.5, 0.6) is 0 Å². The molecule has 0 aliphatic heterocycles. The maximum absolute atomic E-state index is 12.3. The topological polar surface area (TPSA) is 17.0 Å². The molecule has 1 aromatic rings. The summed E-state index contributed by atoms with van der Waals surface area (Å²) in [7, 11) is 0. The van der Waals surface area contributed by atoms with Crippen LogP contribution in [-0.4, -0.2) is 0 Å². The molecule has 2 nitrogen and oxygen atoms in total. The average molecular weight is 144 g/mol. The maximum atomic E-state index is 12.3. The summed E-state index contributed by atoms with van der Waals surface area (Å²) in [5.41, 5.74) is -0.103. The molecule has 0 unspecified atom stereocenters. The summed E-state index contributed by atoms with van der Waals surface area (Å²) >= 11 is 0. The molecule has 0 atom stereocenters. The van der Waals surface area contributed by atoms with E-state index in [1.807, 2.05) is 20.8 Å². The molecule has 0 aromatic carbocycles. The Morgan fingerprint density at radius 3 is 2.30 bits per heavy atom. The predicted octanol–water partition coefficient (Wildman–Crippen LogP) is 1.46. The lowest BCUT2D eigenvalue weighted by atomic mass is 10.1. The van der Waals surface area contributed by atoms with Gasteiger partial charge in [0.1, 0.15) is 0 Å². The van der Waals surface area contributed by atoms with Crippen LogP contribution in [0.2, 0.25) is 0 Å². The second-order valence-electron chi connectivity index (χ2n) is 3.23. The Bertz CT molecular complexity index is 224. The van der Waals surface area contributed by atoms with Crippen molar-refractivity contribution in [1.29, 1.82) is 0 Å². The first-order valence-corrected chi connectivity index (χ1v) is 3.16. The quantitative estimate of drug-likeness (QED) is 0.504. The van der Waals surface area contributed by atoms with Gasteiger partial charge in [-0.25, -0.2) is 0 Å². The lowest BCUT2D eigenvalue weighted by Gasteiger charge is -2.07. The number of halogens is 1. The molecule has 1 heterocycles. The molecule has 1 rings (SSSR count). The van der Waals surface area contributed by atoms with Crippen molar-refractivity contribution in [3.63, 3.8) is 0 Å². The van der Waals surface area contributed by atoms with Crippen molar-refractivity contribution in [2.45, 2.75) is 26.3 Å². The van der Waals surface area contributed by atoms with Crippen molar-refractivity contribution in [2.75, 3.05) is 0 Å². The molecular formula is C7H11FNO+. The third-order valence-corrected chi connectivity index (χ3v) is 1.29. The van der Waals surface area contributed by atoms with Gasteiger partial charge in [-0.1, -0.05) is 0 Å². The zero-order chi connectivity index (χ0) is 7.78. The molecular weight excluding hydrogens is 133 g/mol. The second kappa shape index (κ2) is 2.08. The number of rotatable bonds is 0. The predicted molar refractivity (Wildman–Crippen MR) is 33.9 cm³/mol. The van der Waals surface area contributed by atoms with E-state index in [2.05, 4.69) is 4.42 Å². The van der Waals surface area contributed by atoms with E-state index in [0.29, 0.717) is 0 Å². The van der Waals surface area contributed by atoms with Crippen LogP contribution in [0.4, 0.5) is 4.39 Å². The van der Waals surface area contributed by atoms with Gasteiger partial charge in [0, 0.05) is 20.8 Å². The van der Waals surface area contributed by atoms with Crippen LogP contribution >= 0.6 is 0 Å². The highest BCUT2D eigenvalue weighted by Gasteiger charge is 2.23. The minimum Gasteiger partial charge on any atom is -0.378 e. The van der Waals surface area contributed by atoms with Crippen molar-refractivity contribution in [2.24, 2.45) is 0 Å². The number of oxazole rings is 1. The van der Waals surface area contributed by atoms with E-state index in [4.69, 9.17) is 0 Å². The summed E-state index contributed by atoms with van der Waals surface area (Å²) in [6.45, 7) is 5.92. The monoisotopic (exact) mass is 144 g/mol. The van der Waals surface area contributed by atoms with E-state index in [0.717, 1.165) is 0 Å². The van der Waals surface area contributed by atoms with Crippen LogP contribution in [0.3, 0.4) is 0 Å². The highest BCUT2D eigenvalue weighted by Crippen LogP contribution is 2.04. The normalized spacial score (nSPS) is 12.0. The SMILES string of the molecule is CC(C)(C)[n+]1coc(F)c1. The van der Waals surface area contributed by atoms with Crippen molar-refractivity contribution in [3.8, 4) is 0 Å². The van der Waals surface area contributed by atoms with E-state index in [1.54, 1.807) is 4.57 Å². The van der Waals surface area contributed by atoms with Crippen molar-refractivity contribution >= 4 is 0 Å². The molecule has 0 aliphatic carbocycles. The van der Waals surface area contributed by atoms with Gasteiger partial charge in [-0.05, 0) is 0 Å². The molecule has 10 heavy (non-hydrogen) atoms. The summed E-state index contributed by atoms with van der Waals surface area (Å²) in [5, 5.41) is 0. The molecule has 3 heteroatoms. The molecule has 0 spiro atoms. The van der Waals surface area contributed by atoms with E-state index in [-0.39, 0.29) is 5.54 Å². The first-order valence-electron chi connectivity index (χ1n) is 3.16. The first-order chi connectivity index (χ1) is 4.50. The van der Waals surface area contributed by atoms with Gasteiger partial charge in [-0.3, -0.25) is 0 Å². The van der Waals surface area contributed by atoms with Crippen LogP contribution in [-0.2, 0) is 5.54 Å². The number of hydrogen-bond acceptors (Lipinski definition) is 1. The molecule has 0 radical (unpaired) electrons. The fourth-order valence-electron chi connectivity index (χ4n) is 0.629. The van der Waals surface area contributed by atoms with Crippen LogP contribution in [0.1, 0.15) is 20.8 Å². The van der Waals surface area contributed by atoms with Crippen molar-refractivity contribution < 1.29 is 13.4 Å². The van der Waals surface area contributed by atoms with Gasteiger partial charge in [-0.15, -0.1) is 0 Å². The summed E-state index contributed by atoms with van der Waals surface area (Å²) in [6.07, 6.45) is 2.70. The van der Waals surface area contributed by atoms with E-state index in [9.17, 15) is 4.39 Å². The fourth-order valence-corrected chi connectivity index (χ4v) is 0.629. The molecule has 0 bridgehead atoms. The smallest absolute Gasteiger partial charge is 0.347 e. The Balaban J connectivity index is 2.96. The average Bonchev–Trinajstić information content (AvgIpc) is 2.11. The molecule has 0 amide bonds. The van der Waals surface area contributed by atoms with Gasteiger partial charge in [0.2, 0.25) is 6.20 Å². The highest BCUT2D eigenvalue weighted by molar-refractivity contribution is 4.59. The van der Waals surface area contributed by atoms with E-state index in [1.165, 1.54) is 12.6 Å². The van der Waals surface area contributed by atoms with Gasteiger partial charge in [0.15, 0.2) is 5.54 Å². The largest absolute Gasteiger partial charge is 0.378 e. The zero-order valence-electron chi connectivity index (χ0n) is 6.39. The summed E-state index contributed by atoms with van der Waals surface area (Å²) in [6, 6.07) is -0.546. The summed E-state index contributed by atoms with van der Waals surface area (Å²) in [4.78, 5) is 0. The third kappa shape index (κ3) is 1.35. The Morgan fingerprint density at radius 2 is 2.10 bits per heavy atom. The first kappa shape index (κ1) is 7.25. The van der Waals surface area contributed by atoms with Crippen LogP contribution in [0, 0.1) is 6.01 Å². The molecule has 1 aromatic heterocycles. The van der Waals surface area contributed by atoms with Crippen LogP contribution < -0.4 is 4.57 Å². The highest BCUT2D eigenvalue weighted by atomic mass is 19.1. The fraction of sp³-hybridized carbons (Fsp3) is 0.571. The summed E-state index contributed by atoms with van der Waals surface area (Å²) in [5.74, 6) is 0. The molecule has 56 valence electrons. The van der Waals surface area contributed by atoms with E-state index >= 15 is 0 Å². The lowest BCUT2D eigenvalue weighted by Crippen LogP contribution is -2.48. The van der Waals surface area contributed by atoms with Gasteiger partial charge in [-0.2, -0.15) is 8.96 Å². The second-order valence-corrected chi connectivity index (χ2v) is 3.23. The van der Waals surface area contributed by atoms with Crippen LogP contribution in [0.25, 0.3) is 0 Å². The number of hydrogen-bond donors (Lipinski definition) is 0. The Morgan fingerprint density at radius 1 is 1.50 bits per heavy atom. The molecule has 0 saturated heterocycles. The minimum atomic E-state index is -0.546. The van der Waals surface area contributed by atoms with Crippen molar-refractivity contribution in [1.82, 2.24) is 0 Å². The molecule has 0 aliphatic rings. The van der Waals surface area contributed by atoms with Crippen molar-refractivity contribution in [3.05, 3.63) is 18.6 Å². The maximum Gasteiger partial charge on any atom is 0.347 e. The van der Waals surface area contributed by atoms with Gasteiger partial charge >= 0.3 is 12.4 Å². The van der Waals surface area contributed by atoms with Gasteiger partial charge in [0.05, 0.1) is 0 Å². The molecule has 0 N–H and O–H groups in total. The van der Waals surface area contributed by atoms with Gasteiger partial charge in [0.25, 0.3) is 0 Å². The zero-order valence-corrected chi connectivity index (χ0v) is 6.39. The van der Waals surface area contributed by atoms with E-state index < -0.39 is 6.01 Å². The standard InChI is InChI=1S/C7H11FNO/c1-7(2,3)9-4-6(8)10-5-9/h4-5H,1-3H3/q+1. The Hall–Kier alpha value is -0.860. The molecule has 0 saturated carbocycles. The molecule has 0 fully saturated rings.